The summed E-state index contributed by atoms with van der Waals surface area (Å²) in [5, 5.41) is 6.77. The molecule has 0 N–H and O–H groups in total. The maximum absolute atomic E-state index is 12.6. The van der Waals surface area contributed by atoms with E-state index in [0.717, 1.165) is 0 Å². The molecule has 0 aromatic carbocycles. The predicted octanol–water partition coefficient (Wildman–Crippen LogP) is 0.972. The van der Waals surface area contributed by atoms with Crippen LogP contribution in [-0.2, 0) is 9.31 Å². The number of hydrogen-bond donors (Lipinski definition) is 0. The Morgan fingerprint density at radius 3 is 2.24 bits per heavy atom. The van der Waals surface area contributed by atoms with Gasteiger partial charge in [-0.3, -0.25) is 0 Å². The average molecular weight is 245 g/mol. The van der Waals surface area contributed by atoms with Crippen molar-refractivity contribution in [2.75, 3.05) is 0 Å². The Bertz CT molecular complexity index is 406. The molecular formula is C9H14BF2N3O2. The molecule has 0 radical (unpaired) electrons. The third-order valence-corrected chi connectivity index (χ3v) is 3.28. The van der Waals surface area contributed by atoms with Gasteiger partial charge in [0.25, 0.3) is 0 Å². The monoisotopic (exact) mass is 245 g/mol. The quantitative estimate of drug-likeness (QED) is 0.728. The first-order valence-electron chi connectivity index (χ1n) is 5.28. The van der Waals surface area contributed by atoms with E-state index < -0.39 is 24.9 Å². The third-order valence-electron chi connectivity index (χ3n) is 3.28. The molecule has 1 aliphatic heterocycles. The normalized spacial score (nSPS) is 22.4. The van der Waals surface area contributed by atoms with Gasteiger partial charge in [0.1, 0.15) is 0 Å². The Hall–Kier alpha value is -1.02. The topological polar surface area (TPSA) is 49.2 Å². The average Bonchev–Trinajstić information content (AvgIpc) is 2.69. The first kappa shape index (κ1) is 12.4. The van der Waals surface area contributed by atoms with Crippen molar-refractivity contribution in [2.24, 2.45) is 0 Å². The smallest absolute Gasteiger partial charge is 0.398 e. The van der Waals surface area contributed by atoms with Gasteiger partial charge in [-0.25, -0.2) is 0 Å². The molecule has 0 amide bonds. The lowest BCUT2D eigenvalue weighted by atomic mass is 9.85. The van der Waals surface area contributed by atoms with Gasteiger partial charge in [0.05, 0.1) is 23.0 Å². The molecule has 1 aromatic rings. The molecule has 1 fully saturated rings. The van der Waals surface area contributed by atoms with Gasteiger partial charge in [0.2, 0.25) is 0 Å². The predicted molar refractivity (Wildman–Crippen MR) is 57.0 cm³/mol. The van der Waals surface area contributed by atoms with Crippen LogP contribution in [0, 0.1) is 0 Å². The molecule has 0 spiro atoms. The van der Waals surface area contributed by atoms with E-state index >= 15 is 0 Å². The van der Waals surface area contributed by atoms with E-state index in [4.69, 9.17) is 9.31 Å². The summed E-state index contributed by atoms with van der Waals surface area (Å²) < 4.78 is 37.1. The van der Waals surface area contributed by atoms with Gasteiger partial charge in [-0.1, -0.05) is 5.21 Å². The zero-order valence-corrected chi connectivity index (χ0v) is 10.1. The molecule has 0 unspecified atom stereocenters. The van der Waals surface area contributed by atoms with Crippen LogP contribution in [0.25, 0.3) is 0 Å². The highest BCUT2D eigenvalue weighted by molar-refractivity contribution is 6.61. The fraction of sp³-hybridized carbons (Fsp3) is 0.778. The molecule has 0 aliphatic carbocycles. The van der Waals surface area contributed by atoms with E-state index in [1.54, 1.807) is 0 Å². The van der Waals surface area contributed by atoms with Crippen LogP contribution < -0.4 is 5.59 Å². The lowest BCUT2D eigenvalue weighted by Crippen LogP contribution is -2.41. The lowest BCUT2D eigenvalue weighted by molar-refractivity contribution is 0.00578. The summed E-state index contributed by atoms with van der Waals surface area (Å²) in [6.45, 7) is 4.64. The summed E-state index contributed by atoms with van der Waals surface area (Å²) in [5.41, 5.74) is -1.03. The molecular weight excluding hydrogens is 231 g/mol. The molecule has 2 rings (SSSR count). The van der Waals surface area contributed by atoms with Crippen molar-refractivity contribution in [1.29, 1.82) is 0 Å². The Morgan fingerprint density at radius 2 is 1.76 bits per heavy atom. The number of hydrogen-bond acceptors (Lipinski definition) is 4. The number of aromatic nitrogens is 3. The van der Waals surface area contributed by atoms with Crippen LogP contribution in [0.4, 0.5) is 8.78 Å². The summed E-state index contributed by atoms with van der Waals surface area (Å²) in [6.07, 6.45) is 1.23. The van der Waals surface area contributed by atoms with Gasteiger partial charge < -0.3 is 9.31 Å². The number of nitrogens with zero attached hydrogens (tertiary/aromatic N) is 3. The minimum absolute atomic E-state index is 0.124. The third kappa shape index (κ3) is 1.95. The number of rotatable bonds is 2. The highest BCUT2D eigenvalue weighted by atomic mass is 19.3. The molecule has 5 nitrogen and oxygen atoms in total. The van der Waals surface area contributed by atoms with Gasteiger partial charge in [0, 0.05) is 0 Å². The van der Waals surface area contributed by atoms with Crippen molar-refractivity contribution in [3.63, 3.8) is 0 Å². The van der Waals surface area contributed by atoms with Crippen LogP contribution in [-0.4, -0.2) is 33.3 Å². The van der Waals surface area contributed by atoms with Gasteiger partial charge in [-0.15, -0.1) is 5.10 Å². The molecule has 0 bridgehead atoms. The fourth-order valence-corrected chi connectivity index (χ4v) is 1.54. The second-order valence-electron chi connectivity index (χ2n) is 4.97. The summed E-state index contributed by atoms with van der Waals surface area (Å²) in [6, 6.07) is 0. The zero-order valence-electron chi connectivity index (χ0n) is 10.1. The summed E-state index contributed by atoms with van der Waals surface area (Å²) in [5.74, 6) is 0. The van der Waals surface area contributed by atoms with Crippen LogP contribution >= 0.6 is 0 Å². The minimum atomic E-state index is -2.76. The highest BCUT2D eigenvalue weighted by Crippen LogP contribution is 2.36. The lowest BCUT2D eigenvalue weighted by Gasteiger charge is -2.32. The highest BCUT2D eigenvalue weighted by Gasteiger charge is 2.53. The molecule has 1 aliphatic rings. The molecule has 8 heteroatoms. The molecule has 0 atom stereocenters. The van der Waals surface area contributed by atoms with Crippen LogP contribution in [0.1, 0.15) is 34.2 Å². The fourth-order valence-electron chi connectivity index (χ4n) is 1.54. The Morgan fingerprint density at radius 1 is 1.24 bits per heavy atom. The summed E-state index contributed by atoms with van der Waals surface area (Å²) in [7, 11) is -0.871. The Balaban J connectivity index is 2.29. The minimum Gasteiger partial charge on any atom is -0.398 e. The van der Waals surface area contributed by atoms with Crippen molar-refractivity contribution in [2.45, 2.75) is 45.4 Å². The summed E-state index contributed by atoms with van der Waals surface area (Å²) >= 11 is 0. The van der Waals surface area contributed by atoms with E-state index in [-0.39, 0.29) is 5.59 Å². The second-order valence-corrected chi connectivity index (χ2v) is 4.97. The van der Waals surface area contributed by atoms with Gasteiger partial charge in [0.15, 0.2) is 0 Å². The van der Waals surface area contributed by atoms with Crippen LogP contribution in [0.3, 0.4) is 0 Å². The Kier molecular flexibility index (Phi) is 2.74. The first-order chi connectivity index (χ1) is 7.74. The van der Waals surface area contributed by atoms with Crippen molar-refractivity contribution in [3.8, 4) is 0 Å². The van der Waals surface area contributed by atoms with Crippen LogP contribution in [0.15, 0.2) is 6.20 Å². The number of halogens is 2. The standard InChI is InChI=1S/C9H14BF2N3O2/c1-8(2)9(3,4)17-10(16-8)6-5-13-14-15(6)7(11)12/h5,7H,1-4H3. The van der Waals surface area contributed by atoms with E-state index in [9.17, 15) is 8.78 Å². The van der Waals surface area contributed by atoms with E-state index in [1.165, 1.54) is 6.20 Å². The SMILES string of the molecule is CC1(C)OB(c2cnnn2C(F)F)OC1(C)C. The van der Waals surface area contributed by atoms with Crippen molar-refractivity contribution >= 4 is 12.7 Å². The molecule has 1 saturated heterocycles. The second kappa shape index (κ2) is 3.74. The maximum Gasteiger partial charge on any atom is 0.516 e. The number of alkyl halides is 2. The zero-order chi connectivity index (χ0) is 12.8. The van der Waals surface area contributed by atoms with Gasteiger partial charge in [-0.2, -0.15) is 13.5 Å². The van der Waals surface area contributed by atoms with Crippen molar-refractivity contribution < 1.29 is 18.1 Å². The van der Waals surface area contributed by atoms with Crippen LogP contribution in [0.5, 0.6) is 0 Å². The maximum atomic E-state index is 12.6. The molecule has 1 aromatic heterocycles. The summed E-state index contributed by atoms with van der Waals surface area (Å²) in [4.78, 5) is 0. The van der Waals surface area contributed by atoms with Gasteiger partial charge in [-0.05, 0) is 27.7 Å². The van der Waals surface area contributed by atoms with Crippen molar-refractivity contribution in [1.82, 2.24) is 15.0 Å². The van der Waals surface area contributed by atoms with E-state index in [0.29, 0.717) is 4.68 Å². The molecule has 2 heterocycles. The molecule has 94 valence electrons. The van der Waals surface area contributed by atoms with E-state index in [2.05, 4.69) is 10.3 Å². The first-order valence-corrected chi connectivity index (χ1v) is 5.28. The van der Waals surface area contributed by atoms with Crippen molar-refractivity contribution in [3.05, 3.63) is 6.20 Å². The Labute approximate surface area is 98.2 Å². The molecule has 0 saturated carbocycles. The largest absolute Gasteiger partial charge is 0.516 e. The van der Waals surface area contributed by atoms with Gasteiger partial charge >= 0.3 is 13.7 Å². The van der Waals surface area contributed by atoms with E-state index in [1.807, 2.05) is 27.7 Å². The molecule has 17 heavy (non-hydrogen) atoms. The van der Waals surface area contributed by atoms with Crippen LogP contribution in [0.2, 0.25) is 0 Å².